The number of rotatable bonds is 7. The van der Waals surface area contributed by atoms with Crippen LogP contribution in [0.3, 0.4) is 0 Å². The maximum atomic E-state index is 12.5. The third-order valence-corrected chi connectivity index (χ3v) is 6.13. The van der Waals surface area contributed by atoms with Crippen molar-refractivity contribution in [2.24, 2.45) is 4.99 Å². The Hall–Kier alpha value is -3.44. The topological polar surface area (TPSA) is 100 Å². The lowest BCUT2D eigenvalue weighted by atomic mass is 10.1. The Kier molecular flexibility index (Phi) is 7.37. The number of aliphatic imine (C=N–C) groups is 1. The third-order valence-electron chi connectivity index (χ3n) is 5.18. The highest BCUT2D eigenvalue weighted by atomic mass is 127. The molecule has 1 aliphatic rings. The van der Waals surface area contributed by atoms with E-state index in [-0.39, 0.29) is 17.3 Å². The van der Waals surface area contributed by atoms with Gasteiger partial charge in [-0.25, -0.2) is 9.79 Å². The minimum absolute atomic E-state index is 0.00189. The van der Waals surface area contributed by atoms with E-state index < -0.39 is 10.9 Å². The van der Waals surface area contributed by atoms with Crippen LogP contribution in [-0.2, 0) is 16.1 Å². The van der Waals surface area contributed by atoms with Crippen LogP contribution in [0.15, 0.2) is 65.3 Å². The number of cyclic esters (lactones) is 1. The Morgan fingerprint density at radius 3 is 2.69 bits per heavy atom. The average molecular weight is 605 g/mol. The first-order valence-corrected chi connectivity index (χ1v) is 11.7. The van der Waals surface area contributed by atoms with Crippen LogP contribution in [0.4, 0.5) is 5.69 Å². The Morgan fingerprint density at radius 2 is 1.97 bits per heavy atom. The molecular formula is C25H18ClIN2O6. The molecule has 3 aromatic rings. The number of hydrogen-bond donors (Lipinski definition) is 0. The number of nitrogens with zero attached hydrogens (tertiary/aromatic N) is 2. The molecule has 8 nitrogen and oxygen atoms in total. The van der Waals surface area contributed by atoms with Crippen molar-refractivity contribution in [3.8, 4) is 11.5 Å². The zero-order valence-electron chi connectivity index (χ0n) is 18.6. The van der Waals surface area contributed by atoms with Crippen LogP contribution in [0.1, 0.15) is 22.3 Å². The van der Waals surface area contributed by atoms with Gasteiger partial charge >= 0.3 is 5.97 Å². The normalized spacial score (nSPS) is 14.0. The number of nitro benzene ring substituents is 1. The van der Waals surface area contributed by atoms with Crippen LogP contribution in [0.5, 0.6) is 11.5 Å². The second-order valence-electron chi connectivity index (χ2n) is 7.50. The van der Waals surface area contributed by atoms with Crippen molar-refractivity contribution < 1.29 is 23.9 Å². The number of methoxy groups -OCH3 is 1. The molecule has 0 aliphatic carbocycles. The van der Waals surface area contributed by atoms with E-state index in [1.807, 2.05) is 24.3 Å². The monoisotopic (exact) mass is 604 g/mol. The van der Waals surface area contributed by atoms with Crippen LogP contribution in [0.2, 0.25) is 5.02 Å². The van der Waals surface area contributed by atoms with E-state index in [0.29, 0.717) is 39.8 Å². The van der Waals surface area contributed by atoms with Gasteiger partial charge in [0.15, 0.2) is 17.2 Å². The summed E-state index contributed by atoms with van der Waals surface area (Å²) in [4.78, 5) is 27.4. The first kappa shape index (κ1) is 24.7. The summed E-state index contributed by atoms with van der Waals surface area (Å²) >= 11 is 8.70. The summed E-state index contributed by atoms with van der Waals surface area (Å²) < 4.78 is 17.7. The molecule has 0 unspecified atom stereocenters. The molecule has 1 aliphatic heterocycles. The number of carbonyl (C=O) groups is 1. The van der Waals surface area contributed by atoms with E-state index in [0.717, 1.165) is 9.13 Å². The molecule has 0 saturated carbocycles. The van der Waals surface area contributed by atoms with E-state index in [1.54, 1.807) is 25.1 Å². The summed E-state index contributed by atoms with van der Waals surface area (Å²) in [5.41, 5.74) is 2.18. The number of esters is 1. The van der Waals surface area contributed by atoms with Crippen molar-refractivity contribution in [1.29, 1.82) is 0 Å². The van der Waals surface area contributed by atoms with Gasteiger partial charge in [-0.05, 0) is 77.0 Å². The van der Waals surface area contributed by atoms with Gasteiger partial charge in [0, 0.05) is 20.8 Å². The molecule has 3 aromatic carbocycles. The van der Waals surface area contributed by atoms with Crippen molar-refractivity contribution in [3.63, 3.8) is 0 Å². The van der Waals surface area contributed by atoms with Crippen LogP contribution in [0, 0.1) is 20.6 Å². The minimum atomic E-state index is -0.681. The summed E-state index contributed by atoms with van der Waals surface area (Å²) in [5.74, 6) is 0.0821. The largest absolute Gasteiger partial charge is 0.493 e. The highest BCUT2D eigenvalue weighted by molar-refractivity contribution is 14.1. The number of ether oxygens (including phenoxy) is 3. The first-order chi connectivity index (χ1) is 16.8. The van der Waals surface area contributed by atoms with Gasteiger partial charge in [0.05, 0.1) is 17.1 Å². The van der Waals surface area contributed by atoms with Crippen LogP contribution in [-0.4, -0.2) is 23.9 Å². The second-order valence-corrected chi connectivity index (χ2v) is 9.15. The SMILES string of the molecule is COc1cc(/C=C2\N=C(c3cccc([N+](=O)[O-])c3C)OC2=O)cc(Cl)c1OCc1cccc(I)c1. The highest BCUT2D eigenvalue weighted by Gasteiger charge is 2.27. The Labute approximate surface area is 219 Å². The number of halogens is 2. The summed E-state index contributed by atoms with van der Waals surface area (Å²) in [6.07, 6.45) is 1.50. The third kappa shape index (κ3) is 5.46. The quantitative estimate of drug-likeness (QED) is 0.106. The Morgan fingerprint density at radius 1 is 1.20 bits per heavy atom. The van der Waals surface area contributed by atoms with E-state index in [9.17, 15) is 14.9 Å². The zero-order chi connectivity index (χ0) is 25.1. The van der Waals surface area contributed by atoms with Crippen LogP contribution in [0.25, 0.3) is 6.08 Å². The van der Waals surface area contributed by atoms with Crippen LogP contribution >= 0.6 is 34.2 Å². The zero-order valence-corrected chi connectivity index (χ0v) is 21.5. The molecule has 0 spiro atoms. The van der Waals surface area contributed by atoms with Gasteiger partial charge in [0.25, 0.3) is 5.69 Å². The van der Waals surface area contributed by atoms with Gasteiger partial charge in [-0.15, -0.1) is 0 Å². The Bertz CT molecular complexity index is 1400. The lowest BCUT2D eigenvalue weighted by molar-refractivity contribution is -0.385. The minimum Gasteiger partial charge on any atom is -0.493 e. The lowest BCUT2D eigenvalue weighted by Gasteiger charge is -2.13. The fourth-order valence-electron chi connectivity index (χ4n) is 3.48. The highest BCUT2D eigenvalue weighted by Crippen LogP contribution is 2.38. The maximum Gasteiger partial charge on any atom is 0.363 e. The van der Waals surface area contributed by atoms with Crippen molar-refractivity contribution in [1.82, 2.24) is 0 Å². The molecule has 0 radical (unpaired) electrons. The molecule has 0 atom stereocenters. The summed E-state index contributed by atoms with van der Waals surface area (Å²) in [5, 5.41) is 11.5. The van der Waals surface area contributed by atoms with Gasteiger partial charge in [-0.1, -0.05) is 29.8 Å². The van der Waals surface area contributed by atoms with Gasteiger partial charge in [-0.3, -0.25) is 10.1 Å². The smallest absolute Gasteiger partial charge is 0.363 e. The molecule has 178 valence electrons. The first-order valence-electron chi connectivity index (χ1n) is 10.3. The molecule has 1 heterocycles. The number of hydrogen-bond acceptors (Lipinski definition) is 7. The van der Waals surface area contributed by atoms with Crippen molar-refractivity contribution in [2.75, 3.05) is 7.11 Å². The van der Waals surface area contributed by atoms with Crippen LogP contribution < -0.4 is 9.47 Å². The average Bonchev–Trinajstić information content (AvgIpc) is 3.17. The van der Waals surface area contributed by atoms with Gasteiger partial charge in [0.1, 0.15) is 6.61 Å². The number of carbonyl (C=O) groups excluding carboxylic acids is 1. The Balaban J connectivity index is 1.62. The van der Waals surface area contributed by atoms with Crippen molar-refractivity contribution in [3.05, 3.63) is 101 Å². The van der Waals surface area contributed by atoms with E-state index >= 15 is 0 Å². The van der Waals surface area contributed by atoms with Gasteiger partial charge in [0.2, 0.25) is 5.90 Å². The molecule has 0 N–H and O–H groups in total. The molecule has 0 saturated heterocycles. The fraction of sp³-hybridized carbons (Fsp3) is 0.120. The molecule has 0 fully saturated rings. The molecule has 4 rings (SSSR count). The van der Waals surface area contributed by atoms with Gasteiger partial charge in [-0.2, -0.15) is 0 Å². The summed E-state index contributed by atoms with van der Waals surface area (Å²) in [7, 11) is 1.49. The van der Waals surface area contributed by atoms with Crippen molar-refractivity contribution in [2.45, 2.75) is 13.5 Å². The summed E-state index contributed by atoms with van der Waals surface area (Å²) in [6.45, 7) is 1.88. The molecule has 10 heteroatoms. The number of nitro groups is 1. The standard InChI is InChI=1S/C25H18ClIN2O6/c1-14-18(7-4-8-21(14)29(31)32)24-28-20(25(30)35-24)11-16-10-19(26)23(22(12-16)33-2)34-13-15-5-3-6-17(27)9-15/h3-12H,13H2,1-2H3/b20-11-. The number of benzene rings is 3. The molecule has 35 heavy (non-hydrogen) atoms. The predicted octanol–water partition coefficient (Wildman–Crippen LogP) is 6.09. The lowest BCUT2D eigenvalue weighted by Crippen LogP contribution is -2.08. The molecular weight excluding hydrogens is 587 g/mol. The predicted molar refractivity (Wildman–Crippen MR) is 140 cm³/mol. The van der Waals surface area contributed by atoms with Gasteiger partial charge < -0.3 is 14.2 Å². The maximum absolute atomic E-state index is 12.5. The fourth-order valence-corrected chi connectivity index (χ4v) is 4.36. The van der Waals surface area contributed by atoms with E-state index in [4.69, 9.17) is 25.8 Å². The van der Waals surface area contributed by atoms with Crippen molar-refractivity contribution >= 4 is 57.8 Å². The molecule has 0 aromatic heterocycles. The van der Waals surface area contributed by atoms with E-state index in [2.05, 4.69) is 27.6 Å². The summed E-state index contributed by atoms with van der Waals surface area (Å²) in [6, 6.07) is 15.7. The molecule has 0 amide bonds. The molecule has 0 bridgehead atoms. The second kappa shape index (κ2) is 10.4. The van der Waals surface area contributed by atoms with E-state index in [1.165, 1.54) is 25.3 Å².